The first-order chi connectivity index (χ1) is 14.5. The number of aliphatic imine (C=N–C) groups is 1. The molecule has 1 aliphatic carbocycles. The third-order valence-electron chi connectivity index (χ3n) is 4.48. The Morgan fingerprint density at radius 3 is 1.97 bits per heavy atom. The van der Waals surface area contributed by atoms with Gasteiger partial charge in [-0.05, 0) is 12.1 Å². The summed E-state index contributed by atoms with van der Waals surface area (Å²) >= 11 is 11.8. The zero-order chi connectivity index (χ0) is 24.4. The molecule has 1 heterocycles. The quantitative estimate of drug-likeness (QED) is 0.302. The molecule has 5 nitrogen and oxygen atoms in total. The summed E-state index contributed by atoms with van der Waals surface area (Å²) in [4.78, 5) is 4.85. The van der Waals surface area contributed by atoms with Gasteiger partial charge < -0.3 is 4.90 Å². The maximum atomic E-state index is 15.0. The van der Waals surface area contributed by atoms with Gasteiger partial charge in [0.1, 0.15) is 11.8 Å². The normalized spacial score (nSPS) is 18.6. The summed E-state index contributed by atoms with van der Waals surface area (Å²) in [7, 11) is 2.78. The molecule has 0 saturated heterocycles. The van der Waals surface area contributed by atoms with Crippen molar-refractivity contribution in [2.45, 2.75) is 23.7 Å². The van der Waals surface area contributed by atoms with Crippen LogP contribution in [-0.2, 0) is 11.8 Å². The second-order valence-electron chi connectivity index (χ2n) is 6.87. The van der Waals surface area contributed by atoms with Crippen LogP contribution in [0, 0.1) is 11.3 Å². The van der Waals surface area contributed by atoms with E-state index < -0.39 is 62.1 Å². The highest BCUT2D eigenvalue weighted by Crippen LogP contribution is 2.75. The summed E-state index contributed by atoms with van der Waals surface area (Å²) in [6.45, 7) is 0. The molecule has 1 saturated carbocycles. The van der Waals surface area contributed by atoms with Gasteiger partial charge in [-0.25, -0.2) is 14.1 Å². The smallest absolute Gasteiger partial charge is 0.369 e. The summed E-state index contributed by atoms with van der Waals surface area (Å²) < 4.78 is 109. The average molecular weight is 506 g/mol. The highest BCUT2D eigenvalue weighted by atomic mass is 35.5. The number of hydrogen-bond donors (Lipinski definition) is 0. The van der Waals surface area contributed by atoms with Gasteiger partial charge in [0.15, 0.2) is 11.5 Å². The second kappa shape index (κ2) is 7.21. The molecule has 0 N–H and O–H groups in total. The summed E-state index contributed by atoms with van der Waals surface area (Å²) in [6.07, 6.45) is -3.99. The molecule has 0 bridgehead atoms. The van der Waals surface area contributed by atoms with Gasteiger partial charge in [0.05, 0.1) is 27.5 Å². The van der Waals surface area contributed by atoms with Crippen molar-refractivity contribution in [1.29, 1.82) is 5.26 Å². The fourth-order valence-corrected chi connectivity index (χ4v) is 3.53. The maximum Gasteiger partial charge on any atom is 0.416 e. The topological polar surface area (TPSA) is 57.2 Å². The number of nitriles is 1. The largest absolute Gasteiger partial charge is 0.416 e. The number of nitrogens with zero attached hydrogens (tertiary/aromatic N) is 5. The van der Waals surface area contributed by atoms with Crippen LogP contribution in [0.2, 0.25) is 10.0 Å². The molecule has 172 valence electrons. The lowest BCUT2D eigenvalue weighted by Gasteiger charge is -2.14. The van der Waals surface area contributed by atoms with Crippen molar-refractivity contribution < 1.29 is 35.1 Å². The van der Waals surface area contributed by atoms with Gasteiger partial charge in [-0.1, -0.05) is 23.2 Å². The van der Waals surface area contributed by atoms with E-state index in [9.17, 15) is 40.4 Å². The van der Waals surface area contributed by atoms with Crippen LogP contribution >= 0.6 is 23.2 Å². The Morgan fingerprint density at radius 2 is 1.59 bits per heavy atom. The lowest BCUT2D eigenvalue weighted by atomic mass is 10.1. The molecule has 0 radical (unpaired) electrons. The van der Waals surface area contributed by atoms with E-state index in [1.165, 1.54) is 25.1 Å². The Labute approximate surface area is 184 Å². The fourth-order valence-electron chi connectivity index (χ4n) is 2.88. The van der Waals surface area contributed by atoms with Gasteiger partial charge in [-0.2, -0.15) is 41.1 Å². The van der Waals surface area contributed by atoms with Crippen molar-refractivity contribution in [1.82, 2.24) is 14.7 Å². The first-order valence-corrected chi connectivity index (χ1v) is 9.03. The van der Waals surface area contributed by atoms with Crippen molar-refractivity contribution in [3.05, 3.63) is 39.0 Å². The van der Waals surface area contributed by atoms with E-state index in [-0.39, 0.29) is 0 Å². The Morgan fingerprint density at radius 1 is 1.09 bits per heavy atom. The molecular weight excluding hydrogens is 497 g/mol. The van der Waals surface area contributed by atoms with Crippen molar-refractivity contribution in [3.8, 4) is 11.8 Å². The third kappa shape index (κ3) is 3.19. The molecular formula is C17H9Cl2F8N5. The molecule has 2 aromatic rings. The molecule has 32 heavy (non-hydrogen) atoms. The van der Waals surface area contributed by atoms with Gasteiger partial charge in [-0.3, -0.25) is 0 Å². The van der Waals surface area contributed by atoms with E-state index in [1.54, 1.807) is 0 Å². The number of hydrogen-bond acceptors (Lipinski definition) is 3. The number of rotatable bonds is 4. The Balaban J connectivity index is 2.38. The van der Waals surface area contributed by atoms with E-state index in [2.05, 4.69) is 10.1 Å². The summed E-state index contributed by atoms with van der Waals surface area (Å²) in [5.74, 6) is -11.4. The Hall–Kier alpha value is -2.59. The van der Waals surface area contributed by atoms with Crippen LogP contribution in [0.15, 0.2) is 17.1 Å². The SMILES string of the molecule is CN(C)/C=N\c1c(C2(F)C(F)(F)C2(F)F)c(C#N)nn1-c1c(Cl)cc(C(F)(F)F)cc1Cl. The summed E-state index contributed by atoms with van der Waals surface area (Å²) in [5, 5.41) is 11.2. The highest BCUT2D eigenvalue weighted by Gasteiger charge is 3.00. The predicted molar refractivity (Wildman–Crippen MR) is 97.8 cm³/mol. The third-order valence-corrected chi connectivity index (χ3v) is 5.05. The number of aromatic nitrogens is 2. The van der Waals surface area contributed by atoms with Crippen molar-refractivity contribution in [3.63, 3.8) is 0 Å². The zero-order valence-corrected chi connectivity index (χ0v) is 17.3. The Kier molecular flexibility index (Phi) is 5.42. The molecule has 1 aromatic heterocycles. The van der Waals surface area contributed by atoms with Gasteiger partial charge in [-0.15, -0.1) is 0 Å². The molecule has 15 heteroatoms. The van der Waals surface area contributed by atoms with Crippen LogP contribution in [0.3, 0.4) is 0 Å². The first kappa shape index (κ1) is 24.1. The molecule has 0 unspecified atom stereocenters. The van der Waals surface area contributed by atoms with E-state index in [1.807, 2.05) is 0 Å². The van der Waals surface area contributed by atoms with E-state index in [0.717, 1.165) is 6.34 Å². The van der Waals surface area contributed by atoms with E-state index in [0.29, 0.717) is 16.8 Å². The van der Waals surface area contributed by atoms with Crippen molar-refractivity contribution >= 4 is 35.4 Å². The fraction of sp³-hybridized carbons (Fsp3) is 0.353. The predicted octanol–water partition coefficient (Wildman–Crippen LogP) is 5.74. The average Bonchev–Trinajstić information content (AvgIpc) is 2.93. The number of benzene rings is 1. The molecule has 3 rings (SSSR count). The lowest BCUT2D eigenvalue weighted by Crippen LogP contribution is -2.14. The van der Waals surface area contributed by atoms with E-state index >= 15 is 0 Å². The minimum Gasteiger partial charge on any atom is -0.369 e. The lowest BCUT2D eigenvalue weighted by molar-refractivity contribution is -0.137. The molecule has 1 aromatic carbocycles. The van der Waals surface area contributed by atoms with E-state index in [4.69, 9.17) is 23.2 Å². The minimum atomic E-state index is -5.20. The number of halogens is 10. The van der Waals surface area contributed by atoms with Gasteiger partial charge in [0.2, 0.25) is 0 Å². The van der Waals surface area contributed by atoms with Crippen LogP contribution in [0.25, 0.3) is 5.69 Å². The molecule has 0 aliphatic heterocycles. The molecule has 0 spiro atoms. The summed E-state index contributed by atoms with van der Waals surface area (Å²) in [6, 6.07) is 2.03. The van der Waals surface area contributed by atoms with Gasteiger partial charge in [0, 0.05) is 14.1 Å². The van der Waals surface area contributed by atoms with Crippen LogP contribution in [0.1, 0.15) is 16.8 Å². The minimum absolute atomic E-state index is 0.366. The van der Waals surface area contributed by atoms with Crippen molar-refractivity contribution in [2.75, 3.05) is 14.1 Å². The molecule has 0 atom stereocenters. The Bertz CT molecular complexity index is 1130. The monoisotopic (exact) mass is 505 g/mol. The standard InChI is InChI=1S/C17H9Cl2F8N5/c1-31(2)6-29-13-11(14(20)16(24,25)17(14,26)27)10(5-28)30-32(13)12-8(18)3-7(4-9(12)19)15(21,22)23/h3-4,6H,1-2H3/b29-6-. The second-order valence-corrected chi connectivity index (χ2v) is 7.69. The van der Waals surface area contributed by atoms with Crippen LogP contribution in [0.5, 0.6) is 0 Å². The highest BCUT2D eigenvalue weighted by molar-refractivity contribution is 6.38. The molecule has 1 fully saturated rings. The van der Waals surface area contributed by atoms with Crippen molar-refractivity contribution in [2.24, 2.45) is 4.99 Å². The first-order valence-electron chi connectivity index (χ1n) is 8.27. The molecule has 0 amide bonds. The molecule has 1 aliphatic rings. The number of alkyl halides is 8. The zero-order valence-electron chi connectivity index (χ0n) is 15.7. The van der Waals surface area contributed by atoms with Crippen LogP contribution in [0.4, 0.5) is 40.9 Å². The van der Waals surface area contributed by atoms with Crippen LogP contribution < -0.4 is 0 Å². The maximum absolute atomic E-state index is 15.0. The summed E-state index contributed by atoms with van der Waals surface area (Å²) in [5.41, 5.74) is -9.31. The van der Waals surface area contributed by atoms with Crippen LogP contribution in [-0.4, -0.2) is 47.0 Å². The van der Waals surface area contributed by atoms with Gasteiger partial charge in [0.25, 0.3) is 5.67 Å². The van der Waals surface area contributed by atoms with Gasteiger partial charge >= 0.3 is 18.0 Å².